The van der Waals surface area contributed by atoms with Gasteiger partial charge in [0.25, 0.3) is 0 Å². The average molecular weight is 336 g/mol. The number of hydrogen-bond acceptors (Lipinski definition) is 4. The third kappa shape index (κ3) is 5.41. The zero-order valence-electron chi connectivity index (χ0n) is 13.1. The van der Waals surface area contributed by atoms with Gasteiger partial charge in [0.05, 0.1) is 11.4 Å². The number of carbonyl (C=O) groups excluding carboxylic acids is 1. The van der Waals surface area contributed by atoms with E-state index in [1.807, 2.05) is 19.2 Å². The summed E-state index contributed by atoms with van der Waals surface area (Å²) in [6.45, 7) is 2.80. The van der Waals surface area contributed by atoms with Gasteiger partial charge in [-0.2, -0.15) is 5.10 Å². The molecule has 2 N–H and O–H groups in total. The highest BCUT2D eigenvalue weighted by molar-refractivity contribution is 7.90. The molecular weight excluding hydrogens is 316 g/mol. The van der Waals surface area contributed by atoms with Crippen LogP contribution in [-0.2, 0) is 22.9 Å². The van der Waals surface area contributed by atoms with E-state index in [1.54, 1.807) is 23.0 Å². The molecule has 1 heterocycles. The standard InChI is InChI=1S/C15H20N4O3S/c1-12(11-19-9-3-8-17-19)18-15(20)16-10-13-4-6-14(7-5-13)23(2,21)22/h3-9,12H,10-11H2,1-2H3,(H2,16,18,20)/t12-/m1/s1. The van der Waals surface area contributed by atoms with E-state index < -0.39 is 9.84 Å². The Hall–Kier alpha value is -2.35. The van der Waals surface area contributed by atoms with Crippen LogP contribution in [0.25, 0.3) is 0 Å². The van der Waals surface area contributed by atoms with E-state index in [-0.39, 0.29) is 17.0 Å². The van der Waals surface area contributed by atoms with Crippen LogP contribution in [0, 0.1) is 0 Å². The van der Waals surface area contributed by atoms with Crippen molar-refractivity contribution in [3.8, 4) is 0 Å². The van der Waals surface area contributed by atoms with Crippen molar-refractivity contribution in [1.29, 1.82) is 0 Å². The number of hydrogen-bond donors (Lipinski definition) is 2. The first-order valence-corrected chi connectivity index (χ1v) is 9.04. The predicted molar refractivity (Wildman–Crippen MR) is 86.6 cm³/mol. The van der Waals surface area contributed by atoms with Crippen LogP contribution in [0.1, 0.15) is 12.5 Å². The highest BCUT2D eigenvalue weighted by Crippen LogP contribution is 2.10. The smallest absolute Gasteiger partial charge is 0.315 e. The van der Waals surface area contributed by atoms with Crippen LogP contribution < -0.4 is 10.6 Å². The van der Waals surface area contributed by atoms with Gasteiger partial charge >= 0.3 is 6.03 Å². The number of nitrogens with zero attached hydrogens (tertiary/aromatic N) is 2. The Morgan fingerprint density at radius 1 is 1.30 bits per heavy atom. The Morgan fingerprint density at radius 3 is 2.57 bits per heavy atom. The monoisotopic (exact) mass is 336 g/mol. The maximum atomic E-state index is 11.8. The fraction of sp³-hybridized carbons (Fsp3) is 0.333. The first-order chi connectivity index (χ1) is 10.8. The van der Waals surface area contributed by atoms with Gasteiger partial charge < -0.3 is 10.6 Å². The summed E-state index contributed by atoms with van der Waals surface area (Å²) in [5, 5.41) is 9.64. The number of sulfone groups is 1. The third-order valence-corrected chi connectivity index (χ3v) is 4.33. The van der Waals surface area contributed by atoms with Crippen molar-refractivity contribution in [3.05, 3.63) is 48.3 Å². The van der Waals surface area contributed by atoms with Crippen LogP contribution in [0.5, 0.6) is 0 Å². The van der Waals surface area contributed by atoms with Crippen LogP contribution in [0.3, 0.4) is 0 Å². The van der Waals surface area contributed by atoms with E-state index in [0.29, 0.717) is 13.1 Å². The second-order valence-electron chi connectivity index (χ2n) is 5.37. The lowest BCUT2D eigenvalue weighted by atomic mass is 10.2. The zero-order chi connectivity index (χ0) is 16.9. The van der Waals surface area contributed by atoms with Crippen molar-refractivity contribution in [1.82, 2.24) is 20.4 Å². The lowest BCUT2D eigenvalue weighted by Crippen LogP contribution is -2.42. The first-order valence-electron chi connectivity index (χ1n) is 7.15. The molecule has 1 atom stereocenters. The maximum absolute atomic E-state index is 11.8. The van der Waals surface area contributed by atoms with Crippen LogP contribution in [0.4, 0.5) is 4.79 Å². The quantitative estimate of drug-likeness (QED) is 0.828. The normalized spacial score (nSPS) is 12.6. The van der Waals surface area contributed by atoms with E-state index in [0.717, 1.165) is 11.8 Å². The molecule has 2 rings (SSSR count). The summed E-state index contributed by atoms with van der Waals surface area (Å²) in [5.74, 6) is 0. The molecule has 0 aliphatic heterocycles. The Bertz CT molecular complexity index is 740. The van der Waals surface area contributed by atoms with Crippen LogP contribution >= 0.6 is 0 Å². The third-order valence-electron chi connectivity index (χ3n) is 3.20. The van der Waals surface area contributed by atoms with Gasteiger partial charge in [-0.15, -0.1) is 0 Å². The molecule has 0 radical (unpaired) electrons. The Kier molecular flexibility index (Phi) is 5.38. The number of aromatic nitrogens is 2. The molecule has 124 valence electrons. The van der Waals surface area contributed by atoms with Gasteiger partial charge in [0, 0.05) is 31.2 Å². The number of benzene rings is 1. The van der Waals surface area contributed by atoms with Crippen molar-refractivity contribution in [2.45, 2.75) is 31.0 Å². The molecular formula is C15H20N4O3S. The molecule has 8 heteroatoms. The minimum atomic E-state index is -3.20. The van der Waals surface area contributed by atoms with E-state index in [9.17, 15) is 13.2 Å². The molecule has 0 spiro atoms. The molecule has 1 aromatic carbocycles. The Morgan fingerprint density at radius 2 is 2.00 bits per heavy atom. The number of urea groups is 1. The molecule has 0 unspecified atom stereocenters. The molecule has 0 saturated carbocycles. The summed E-state index contributed by atoms with van der Waals surface area (Å²) in [7, 11) is -3.20. The van der Waals surface area contributed by atoms with Gasteiger partial charge in [0.15, 0.2) is 9.84 Å². The molecule has 0 aliphatic carbocycles. The molecule has 0 aliphatic rings. The van der Waals surface area contributed by atoms with Gasteiger partial charge in [-0.25, -0.2) is 13.2 Å². The molecule has 2 aromatic rings. The summed E-state index contributed by atoms with van der Waals surface area (Å²) in [5.41, 5.74) is 0.826. The highest BCUT2D eigenvalue weighted by Gasteiger charge is 2.09. The van der Waals surface area contributed by atoms with E-state index in [1.165, 1.54) is 12.1 Å². The van der Waals surface area contributed by atoms with Gasteiger partial charge in [-0.3, -0.25) is 4.68 Å². The topological polar surface area (TPSA) is 93.1 Å². The predicted octanol–water partition coefficient (Wildman–Crippen LogP) is 1.17. The molecule has 0 fully saturated rings. The number of carbonyl (C=O) groups is 1. The van der Waals surface area contributed by atoms with Crippen LogP contribution in [0.2, 0.25) is 0 Å². The Balaban J connectivity index is 1.80. The number of amides is 2. The van der Waals surface area contributed by atoms with Crippen molar-refractivity contribution in [2.24, 2.45) is 0 Å². The van der Waals surface area contributed by atoms with Crippen molar-refractivity contribution >= 4 is 15.9 Å². The molecule has 0 bridgehead atoms. The van der Waals surface area contributed by atoms with E-state index in [4.69, 9.17) is 0 Å². The van der Waals surface area contributed by atoms with Crippen LogP contribution in [0.15, 0.2) is 47.6 Å². The fourth-order valence-corrected chi connectivity index (χ4v) is 2.68. The summed E-state index contributed by atoms with van der Waals surface area (Å²) >= 11 is 0. The van der Waals surface area contributed by atoms with E-state index >= 15 is 0 Å². The van der Waals surface area contributed by atoms with Crippen molar-refractivity contribution in [3.63, 3.8) is 0 Å². The summed E-state index contributed by atoms with van der Waals surface area (Å²) < 4.78 is 24.5. The largest absolute Gasteiger partial charge is 0.334 e. The first kappa shape index (κ1) is 17.0. The minimum absolute atomic E-state index is 0.0671. The minimum Gasteiger partial charge on any atom is -0.334 e. The molecule has 0 saturated heterocycles. The molecule has 23 heavy (non-hydrogen) atoms. The van der Waals surface area contributed by atoms with Crippen molar-refractivity contribution < 1.29 is 13.2 Å². The lowest BCUT2D eigenvalue weighted by molar-refractivity contribution is 0.235. The number of rotatable bonds is 6. The summed E-state index contributed by atoms with van der Waals surface area (Å²) in [6, 6.07) is 7.91. The van der Waals surface area contributed by atoms with Gasteiger partial charge in [0.2, 0.25) is 0 Å². The molecule has 1 aromatic heterocycles. The molecule has 7 nitrogen and oxygen atoms in total. The highest BCUT2D eigenvalue weighted by atomic mass is 32.2. The van der Waals surface area contributed by atoms with Gasteiger partial charge in [-0.1, -0.05) is 12.1 Å². The second kappa shape index (κ2) is 7.28. The van der Waals surface area contributed by atoms with Crippen LogP contribution in [-0.4, -0.2) is 36.5 Å². The maximum Gasteiger partial charge on any atom is 0.315 e. The fourth-order valence-electron chi connectivity index (χ4n) is 2.05. The zero-order valence-corrected chi connectivity index (χ0v) is 13.9. The summed E-state index contributed by atoms with van der Waals surface area (Å²) in [4.78, 5) is 12.1. The van der Waals surface area contributed by atoms with Gasteiger partial charge in [-0.05, 0) is 30.7 Å². The SMILES string of the molecule is C[C@H](Cn1cccn1)NC(=O)NCc1ccc(S(C)(=O)=O)cc1. The number of nitrogens with one attached hydrogen (secondary N) is 2. The van der Waals surface area contributed by atoms with Gasteiger partial charge in [0.1, 0.15) is 0 Å². The lowest BCUT2D eigenvalue weighted by Gasteiger charge is -2.14. The van der Waals surface area contributed by atoms with Crippen molar-refractivity contribution in [2.75, 3.05) is 6.26 Å². The Labute approximate surface area is 135 Å². The summed E-state index contributed by atoms with van der Waals surface area (Å²) in [6.07, 6.45) is 4.68. The average Bonchev–Trinajstić information content (AvgIpc) is 2.97. The molecule has 2 amide bonds. The van der Waals surface area contributed by atoms with E-state index in [2.05, 4.69) is 15.7 Å². The second-order valence-corrected chi connectivity index (χ2v) is 7.39.